The van der Waals surface area contributed by atoms with Gasteiger partial charge in [-0.1, -0.05) is 31.9 Å². The highest BCUT2D eigenvalue weighted by Crippen LogP contribution is 2.24. The summed E-state index contributed by atoms with van der Waals surface area (Å²) in [7, 11) is -3.24. The van der Waals surface area contributed by atoms with Gasteiger partial charge < -0.3 is 5.73 Å². The third kappa shape index (κ3) is 3.73. The summed E-state index contributed by atoms with van der Waals surface area (Å²) in [6, 6.07) is 7.27. The van der Waals surface area contributed by atoms with Crippen LogP contribution in [0.1, 0.15) is 44.6 Å². The lowest BCUT2D eigenvalue weighted by molar-refractivity contribution is 0.314. The van der Waals surface area contributed by atoms with E-state index in [9.17, 15) is 8.42 Å². The lowest BCUT2D eigenvalue weighted by Crippen LogP contribution is -2.40. The fourth-order valence-corrected chi connectivity index (χ4v) is 4.73. The van der Waals surface area contributed by atoms with Crippen molar-refractivity contribution in [1.82, 2.24) is 4.31 Å². The Kier molecular flexibility index (Phi) is 5.05. The van der Waals surface area contributed by atoms with Crippen LogP contribution in [0.15, 0.2) is 24.3 Å². The molecule has 1 atom stereocenters. The molecule has 0 saturated carbocycles. The van der Waals surface area contributed by atoms with E-state index in [2.05, 4.69) is 6.92 Å². The summed E-state index contributed by atoms with van der Waals surface area (Å²) in [6.45, 7) is 2.73. The van der Waals surface area contributed by atoms with Crippen LogP contribution in [-0.2, 0) is 15.8 Å². The Bertz CT molecular complexity index is 525. The van der Waals surface area contributed by atoms with Crippen molar-refractivity contribution in [2.24, 2.45) is 0 Å². The molecule has 4 nitrogen and oxygen atoms in total. The lowest BCUT2D eigenvalue weighted by atomic mass is 10.1. The molecule has 2 rings (SSSR count). The van der Waals surface area contributed by atoms with E-state index in [4.69, 9.17) is 5.73 Å². The molecule has 5 heteroatoms. The van der Waals surface area contributed by atoms with E-state index in [-0.39, 0.29) is 11.8 Å². The van der Waals surface area contributed by atoms with Crippen molar-refractivity contribution in [3.63, 3.8) is 0 Å². The van der Waals surface area contributed by atoms with E-state index in [0.717, 1.165) is 37.7 Å². The Balaban J connectivity index is 2.17. The smallest absolute Gasteiger partial charge is 0.218 e. The Labute approximate surface area is 122 Å². The van der Waals surface area contributed by atoms with Crippen molar-refractivity contribution in [3.8, 4) is 0 Å². The van der Waals surface area contributed by atoms with Gasteiger partial charge in [0, 0.05) is 18.3 Å². The molecule has 0 spiro atoms. The average molecular weight is 296 g/mol. The fourth-order valence-electron chi connectivity index (χ4n) is 2.83. The molecule has 2 N–H and O–H groups in total. The zero-order chi connectivity index (χ0) is 14.6. The second-order valence-corrected chi connectivity index (χ2v) is 7.44. The van der Waals surface area contributed by atoms with Gasteiger partial charge in [-0.25, -0.2) is 8.42 Å². The van der Waals surface area contributed by atoms with Crippen LogP contribution in [0, 0.1) is 0 Å². The quantitative estimate of drug-likeness (QED) is 0.869. The minimum absolute atomic E-state index is 0.0732. The average Bonchev–Trinajstić information content (AvgIpc) is 2.66. The van der Waals surface area contributed by atoms with Gasteiger partial charge in [0.05, 0.1) is 5.75 Å². The summed E-state index contributed by atoms with van der Waals surface area (Å²) in [5.74, 6) is 0.0732. The number of benzene rings is 1. The highest BCUT2D eigenvalue weighted by molar-refractivity contribution is 7.88. The second kappa shape index (κ2) is 6.59. The summed E-state index contributed by atoms with van der Waals surface area (Å²) >= 11 is 0. The molecule has 0 bridgehead atoms. The molecule has 0 amide bonds. The number of nitrogens with two attached hydrogens (primary N) is 1. The first-order valence-electron chi connectivity index (χ1n) is 7.37. The lowest BCUT2D eigenvalue weighted by Gasteiger charge is -2.28. The SMILES string of the molecule is CCC1CCCCCN1S(=O)(=O)Cc1ccc(N)cc1. The maximum atomic E-state index is 12.7. The predicted octanol–water partition coefficient (Wildman–Crippen LogP) is 2.75. The van der Waals surface area contributed by atoms with Gasteiger partial charge in [-0.3, -0.25) is 0 Å². The van der Waals surface area contributed by atoms with Gasteiger partial charge in [-0.2, -0.15) is 4.31 Å². The van der Waals surface area contributed by atoms with Crippen LogP contribution in [0.2, 0.25) is 0 Å². The van der Waals surface area contributed by atoms with Gasteiger partial charge in [0.1, 0.15) is 0 Å². The summed E-state index contributed by atoms with van der Waals surface area (Å²) in [6.07, 6.45) is 5.10. The molecule has 1 fully saturated rings. The number of nitrogens with zero attached hydrogens (tertiary/aromatic N) is 1. The number of rotatable bonds is 4. The van der Waals surface area contributed by atoms with Crippen molar-refractivity contribution in [2.45, 2.75) is 50.8 Å². The first kappa shape index (κ1) is 15.3. The van der Waals surface area contributed by atoms with E-state index < -0.39 is 10.0 Å². The van der Waals surface area contributed by atoms with Crippen molar-refractivity contribution < 1.29 is 8.42 Å². The summed E-state index contributed by atoms with van der Waals surface area (Å²) < 4.78 is 27.0. The largest absolute Gasteiger partial charge is 0.399 e. The topological polar surface area (TPSA) is 63.4 Å². The summed E-state index contributed by atoms with van der Waals surface area (Å²) in [5, 5.41) is 0. The molecule has 1 aliphatic heterocycles. The van der Waals surface area contributed by atoms with Crippen LogP contribution in [0.4, 0.5) is 5.69 Å². The van der Waals surface area contributed by atoms with Crippen molar-refractivity contribution in [1.29, 1.82) is 0 Å². The highest BCUT2D eigenvalue weighted by atomic mass is 32.2. The Hall–Kier alpha value is -1.07. The first-order chi connectivity index (χ1) is 9.53. The van der Waals surface area contributed by atoms with E-state index in [1.54, 1.807) is 28.6 Å². The Morgan fingerprint density at radius 2 is 1.90 bits per heavy atom. The Morgan fingerprint density at radius 3 is 2.55 bits per heavy atom. The minimum Gasteiger partial charge on any atom is -0.399 e. The van der Waals surface area contributed by atoms with Crippen LogP contribution in [-0.4, -0.2) is 25.3 Å². The monoisotopic (exact) mass is 296 g/mol. The van der Waals surface area contributed by atoms with Gasteiger partial charge in [0.15, 0.2) is 0 Å². The first-order valence-corrected chi connectivity index (χ1v) is 8.98. The molecule has 20 heavy (non-hydrogen) atoms. The number of nitrogen functional groups attached to an aromatic ring is 1. The fraction of sp³-hybridized carbons (Fsp3) is 0.600. The van der Waals surface area contributed by atoms with E-state index in [1.165, 1.54) is 0 Å². The van der Waals surface area contributed by atoms with E-state index in [1.807, 2.05) is 0 Å². The summed E-state index contributed by atoms with van der Waals surface area (Å²) in [4.78, 5) is 0. The molecule has 1 heterocycles. The van der Waals surface area contributed by atoms with Gasteiger partial charge in [-0.15, -0.1) is 0 Å². The third-order valence-electron chi connectivity index (χ3n) is 3.98. The number of anilines is 1. The maximum absolute atomic E-state index is 12.7. The van der Waals surface area contributed by atoms with Crippen molar-refractivity contribution >= 4 is 15.7 Å². The molecule has 1 unspecified atom stereocenters. The molecule has 0 aliphatic carbocycles. The molecular formula is C15H24N2O2S. The third-order valence-corrected chi connectivity index (χ3v) is 5.87. The molecule has 1 aromatic carbocycles. The molecule has 112 valence electrons. The Morgan fingerprint density at radius 1 is 1.20 bits per heavy atom. The minimum atomic E-state index is -3.24. The van der Waals surface area contributed by atoms with E-state index in [0.29, 0.717) is 12.2 Å². The van der Waals surface area contributed by atoms with Gasteiger partial charge >= 0.3 is 0 Å². The predicted molar refractivity (Wildman–Crippen MR) is 82.7 cm³/mol. The standard InChI is InChI=1S/C15H24N2O2S/c1-2-15-6-4-3-5-11-17(15)20(18,19)12-13-7-9-14(16)10-8-13/h7-10,15H,2-6,11-12,16H2,1H3. The van der Waals surface area contributed by atoms with Crippen LogP contribution in [0.5, 0.6) is 0 Å². The van der Waals surface area contributed by atoms with Crippen molar-refractivity contribution in [3.05, 3.63) is 29.8 Å². The molecule has 1 aromatic rings. The number of sulfonamides is 1. The zero-order valence-electron chi connectivity index (χ0n) is 12.1. The maximum Gasteiger partial charge on any atom is 0.218 e. The van der Waals surface area contributed by atoms with Gasteiger partial charge in [-0.05, 0) is 37.0 Å². The van der Waals surface area contributed by atoms with Crippen LogP contribution >= 0.6 is 0 Å². The van der Waals surface area contributed by atoms with Crippen molar-refractivity contribution in [2.75, 3.05) is 12.3 Å². The second-order valence-electron chi connectivity index (χ2n) is 5.52. The molecule has 1 aliphatic rings. The molecular weight excluding hydrogens is 272 g/mol. The van der Waals surface area contributed by atoms with E-state index >= 15 is 0 Å². The molecule has 0 aromatic heterocycles. The number of hydrogen-bond acceptors (Lipinski definition) is 3. The van der Waals surface area contributed by atoms with Crippen LogP contribution < -0.4 is 5.73 Å². The normalized spacial score (nSPS) is 21.6. The zero-order valence-corrected chi connectivity index (χ0v) is 12.9. The number of hydrogen-bond donors (Lipinski definition) is 1. The summed E-state index contributed by atoms with van der Waals surface area (Å²) in [5.41, 5.74) is 7.10. The molecule has 0 radical (unpaired) electrons. The van der Waals surface area contributed by atoms with Gasteiger partial charge in [0.25, 0.3) is 0 Å². The van der Waals surface area contributed by atoms with Crippen LogP contribution in [0.25, 0.3) is 0 Å². The molecule has 1 saturated heterocycles. The van der Waals surface area contributed by atoms with Crippen LogP contribution in [0.3, 0.4) is 0 Å². The van der Waals surface area contributed by atoms with Gasteiger partial charge in [0.2, 0.25) is 10.0 Å². The highest BCUT2D eigenvalue weighted by Gasteiger charge is 2.29.